The van der Waals surface area contributed by atoms with Crippen LogP contribution in [0.2, 0.25) is 0 Å². The highest BCUT2D eigenvalue weighted by molar-refractivity contribution is 7.80. The number of morpholine rings is 1. The van der Waals surface area contributed by atoms with Crippen LogP contribution in [-0.4, -0.2) is 37.3 Å². The summed E-state index contributed by atoms with van der Waals surface area (Å²) in [7, 11) is 0. The van der Waals surface area contributed by atoms with Crippen molar-refractivity contribution in [3.8, 4) is 0 Å². The first-order valence-electron chi connectivity index (χ1n) is 9.24. The minimum atomic E-state index is -0.224. The number of thiocarbonyl (C=S) groups is 1. The maximum absolute atomic E-state index is 12.8. The van der Waals surface area contributed by atoms with Crippen LogP contribution in [0.3, 0.4) is 0 Å². The molecule has 3 aromatic rings. The lowest BCUT2D eigenvalue weighted by Crippen LogP contribution is -2.38. The van der Waals surface area contributed by atoms with Crippen molar-refractivity contribution in [2.45, 2.75) is 0 Å². The number of amides is 1. The monoisotopic (exact) mass is 391 g/mol. The van der Waals surface area contributed by atoms with E-state index in [9.17, 15) is 4.79 Å². The van der Waals surface area contributed by atoms with Crippen molar-refractivity contribution >= 4 is 45.4 Å². The summed E-state index contributed by atoms with van der Waals surface area (Å²) in [6, 6.07) is 21.4. The van der Waals surface area contributed by atoms with Crippen LogP contribution in [0.25, 0.3) is 10.8 Å². The molecule has 0 atom stereocenters. The van der Waals surface area contributed by atoms with E-state index in [2.05, 4.69) is 15.5 Å². The van der Waals surface area contributed by atoms with Gasteiger partial charge < -0.3 is 15.0 Å². The van der Waals surface area contributed by atoms with Gasteiger partial charge >= 0.3 is 0 Å². The molecule has 0 spiro atoms. The minimum absolute atomic E-state index is 0.224. The molecule has 1 heterocycles. The van der Waals surface area contributed by atoms with Crippen LogP contribution < -0.4 is 15.5 Å². The second-order valence-corrected chi connectivity index (χ2v) is 6.96. The third-order valence-corrected chi connectivity index (χ3v) is 4.97. The van der Waals surface area contributed by atoms with Crippen LogP contribution in [0, 0.1) is 0 Å². The van der Waals surface area contributed by atoms with Crippen molar-refractivity contribution in [1.29, 1.82) is 0 Å². The van der Waals surface area contributed by atoms with Gasteiger partial charge in [0.15, 0.2) is 5.11 Å². The van der Waals surface area contributed by atoms with E-state index in [0.717, 1.165) is 35.2 Å². The fourth-order valence-corrected chi connectivity index (χ4v) is 3.61. The zero-order chi connectivity index (χ0) is 19.3. The number of nitrogens with zero attached hydrogens (tertiary/aromatic N) is 1. The molecule has 28 heavy (non-hydrogen) atoms. The number of anilines is 2. The Morgan fingerprint density at radius 1 is 0.929 bits per heavy atom. The Hall–Kier alpha value is -2.96. The predicted octanol–water partition coefficient (Wildman–Crippen LogP) is 3.80. The minimum Gasteiger partial charge on any atom is -0.378 e. The number of nitrogens with one attached hydrogen (secondary N) is 2. The second kappa shape index (κ2) is 8.37. The SMILES string of the molecule is O=C(NC(=S)Nc1ccccc1N1CCOCC1)c1cccc2ccccc12. The average molecular weight is 391 g/mol. The Kier molecular flexibility index (Phi) is 5.50. The summed E-state index contributed by atoms with van der Waals surface area (Å²) in [6.07, 6.45) is 0. The molecule has 0 bridgehead atoms. The van der Waals surface area contributed by atoms with Gasteiger partial charge in [-0.2, -0.15) is 0 Å². The number of ether oxygens (including phenoxy) is 1. The van der Waals surface area contributed by atoms with Gasteiger partial charge in [-0.15, -0.1) is 0 Å². The molecule has 4 rings (SSSR count). The third kappa shape index (κ3) is 3.98. The van der Waals surface area contributed by atoms with Crippen molar-refractivity contribution in [1.82, 2.24) is 5.32 Å². The van der Waals surface area contributed by atoms with Crippen molar-refractivity contribution in [2.75, 3.05) is 36.5 Å². The van der Waals surface area contributed by atoms with E-state index in [1.807, 2.05) is 66.7 Å². The largest absolute Gasteiger partial charge is 0.378 e. The molecule has 1 aliphatic rings. The molecule has 0 unspecified atom stereocenters. The van der Waals surface area contributed by atoms with E-state index in [-0.39, 0.29) is 11.0 Å². The molecule has 0 aliphatic carbocycles. The van der Waals surface area contributed by atoms with Gasteiger partial charge in [0.2, 0.25) is 0 Å². The van der Waals surface area contributed by atoms with Gasteiger partial charge in [-0.25, -0.2) is 0 Å². The summed E-state index contributed by atoms with van der Waals surface area (Å²) in [6.45, 7) is 3.06. The average Bonchev–Trinajstić information content (AvgIpc) is 2.74. The molecule has 1 fully saturated rings. The molecule has 0 saturated carbocycles. The van der Waals surface area contributed by atoms with Crippen LogP contribution in [-0.2, 0) is 4.74 Å². The summed E-state index contributed by atoms with van der Waals surface area (Å²) >= 11 is 5.41. The molecule has 2 N–H and O–H groups in total. The van der Waals surface area contributed by atoms with Crippen molar-refractivity contribution in [2.24, 2.45) is 0 Å². The predicted molar refractivity (Wildman–Crippen MR) is 117 cm³/mol. The van der Waals surface area contributed by atoms with Crippen LogP contribution in [0.15, 0.2) is 66.7 Å². The normalized spacial score (nSPS) is 13.9. The van der Waals surface area contributed by atoms with E-state index >= 15 is 0 Å². The number of carbonyl (C=O) groups excluding carboxylic acids is 1. The number of hydrogen-bond acceptors (Lipinski definition) is 4. The highest BCUT2D eigenvalue weighted by Crippen LogP contribution is 2.26. The summed E-state index contributed by atoms with van der Waals surface area (Å²) in [5.74, 6) is -0.224. The number of fused-ring (bicyclic) bond motifs is 1. The Morgan fingerprint density at radius 3 is 2.50 bits per heavy atom. The second-order valence-electron chi connectivity index (χ2n) is 6.55. The summed E-state index contributed by atoms with van der Waals surface area (Å²) < 4.78 is 5.43. The van der Waals surface area contributed by atoms with Crippen LogP contribution in [0.1, 0.15) is 10.4 Å². The van der Waals surface area contributed by atoms with Gasteiger partial charge in [-0.3, -0.25) is 10.1 Å². The Morgan fingerprint density at radius 2 is 1.64 bits per heavy atom. The molecule has 5 nitrogen and oxygen atoms in total. The van der Waals surface area contributed by atoms with Crippen molar-refractivity contribution < 1.29 is 9.53 Å². The fourth-order valence-electron chi connectivity index (χ4n) is 3.41. The van der Waals surface area contributed by atoms with E-state index in [0.29, 0.717) is 18.8 Å². The van der Waals surface area contributed by atoms with Crippen molar-refractivity contribution in [3.05, 3.63) is 72.3 Å². The van der Waals surface area contributed by atoms with Gasteiger partial charge in [0.1, 0.15) is 0 Å². The molecule has 142 valence electrons. The summed E-state index contributed by atoms with van der Waals surface area (Å²) in [4.78, 5) is 15.0. The molecule has 1 saturated heterocycles. The fraction of sp³-hybridized carbons (Fsp3) is 0.182. The van der Waals surface area contributed by atoms with Gasteiger partial charge in [-0.1, -0.05) is 48.5 Å². The number of hydrogen-bond donors (Lipinski definition) is 2. The third-order valence-electron chi connectivity index (χ3n) is 4.77. The lowest BCUT2D eigenvalue weighted by Gasteiger charge is -2.30. The molecular weight excluding hydrogens is 370 g/mol. The van der Waals surface area contributed by atoms with Gasteiger partial charge in [0, 0.05) is 18.7 Å². The molecule has 3 aromatic carbocycles. The van der Waals surface area contributed by atoms with Crippen LogP contribution in [0.5, 0.6) is 0 Å². The Bertz CT molecular complexity index is 1010. The first-order chi connectivity index (χ1) is 13.7. The van der Waals surface area contributed by atoms with Gasteiger partial charge in [-0.05, 0) is 41.2 Å². The van der Waals surface area contributed by atoms with Gasteiger partial charge in [0.05, 0.1) is 24.6 Å². The molecule has 1 amide bonds. The summed E-state index contributed by atoms with van der Waals surface area (Å²) in [5, 5.41) is 8.18. The highest BCUT2D eigenvalue weighted by atomic mass is 32.1. The molecule has 6 heteroatoms. The Balaban J connectivity index is 1.50. The van der Waals surface area contributed by atoms with E-state index in [1.54, 1.807) is 0 Å². The molecule has 0 aromatic heterocycles. The maximum Gasteiger partial charge on any atom is 0.258 e. The van der Waals surface area contributed by atoms with E-state index in [1.165, 1.54) is 0 Å². The smallest absolute Gasteiger partial charge is 0.258 e. The maximum atomic E-state index is 12.8. The van der Waals surface area contributed by atoms with Crippen molar-refractivity contribution in [3.63, 3.8) is 0 Å². The number of rotatable bonds is 3. The first kappa shape index (κ1) is 18.4. The molecule has 1 aliphatic heterocycles. The van der Waals surface area contributed by atoms with E-state index in [4.69, 9.17) is 17.0 Å². The highest BCUT2D eigenvalue weighted by Gasteiger charge is 2.16. The molecule has 0 radical (unpaired) electrons. The lowest BCUT2D eigenvalue weighted by atomic mass is 10.0. The van der Waals surface area contributed by atoms with Crippen LogP contribution in [0.4, 0.5) is 11.4 Å². The van der Waals surface area contributed by atoms with E-state index < -0.39 is 0 Å². The van der Waals surface area contributed by atoms with Crippen LogP contribution >= 0.6 is 12.2 Å². The number of para-hydroxylation sites is 2. The zero-order valence-corrected chi connectivity index (χ0v) is 16.2. The topological polar surface area (TPSA) is 53.6 Å². The summed E-state index contributed by atoms with van der Waals surface area (Å²) in [5.41, 5.74) is 2.52. The Labute approximate surface area is 169 Å². The quantitative estimate of drug-likeness (QED) is 0.665. The number of benzene rings is 3. The molecular formula is C22H21N3O2S. The lowest BCUT2D eigenvalue weighted by molar-refractivity contribution is 0.0979. The number of carbonyl (C=O) groups is 1. The van der Waals surface area contributed by atoms with Gasteiger partial charge in [0.25, 0.3) is 5.91 Å². The zero-order valence-electron chi connectivity index (χ0n) is 15.4. The first-order valence-corrected chi connectivity index (χ1v) is 9.65. The standard InChI is InChI=1S/C22H21N3O2S/c26-21(18-9-5-7-16-6-1-2-8-17(16)18)24-22(28)23-19-10-3-4-11-20(19)25-12-14-27-15-13-25/h1-11H,12-15H2,(H2,23,24,26,28).